The molecule has 0 saturated heterocycles. The van der Waals surface area contributed by atoms with Gasteiger partial charge in [-0.05, 0) is 0 Å². The van der Waals surface area contributed by atoms with Gasteiger partial charge in [0.05, 0.1) is 0 Å². The van der Waals surface area contributed by atoms with Crippen molar-refractivity contribution in [2.24, 2.45) is 0 Å². The van der Waals surface area contributed by atoms with E-state index < -0.39 is 37.7 Å². The second-order valence-electron chi connectivity index (χ2n) is 3.41. The van der Waals surface area contributed by atoms with Gasteiger partial charge in [-0.1, -0.05) is 41.5 Å². The van der Waals surface area contributed by atoms with Crippen LogP contribution in [0.2, 0.25) is 0 Å². The molecule has 0 aromatic carbocycles. The van der Waals surface area contributed by atoms with E-state index in [0.717, 1.165) is 41.5 Å². The summed E-state index contributed by atoms with van der Waals surface area (Å²) in [5, 5.41) is 108. The van der Waals surface area contributed by atoms with Crippen molar-refractivity contribution < 1.29 is 66.8 Å². The van der Waals surface area contributed by atoms with Crippen LogP contribution in [0.1, 0.15) is 41.5 Å². The van der Waals surface area contributed by atoms with E-state index in [1.165, 1.54) is 0 Å². The molecule has 0 heterocycles. The molecule has 164 valence electrons. The molecular weight excluding hydrogens is 388 g/mol. The van der Waals surface area contributed by atoms with E-state index in [0.29, 0.717) is 0 Å². The van der Waals surface area contributed by atoms with E-state index >= 15 is 0 Å². The second kappa shape index (κ2) is 63.0. The SMILES string of the molecule is CC([O-])[O-].CC([O-])[O-].CC([O-])[O-].CC([O-])[O-].CC([O-])[O-].CC([O-])[O-].[Be+2].[Be+2].[Be+2].[Be+2].[OH-]. The standard InChI is InChI=1S/6C2H4O2.4Be.H2O/c6*1-2(3)4;;;;;/h6*2H,1H3;;;;;1H2/q6*-2;4*+2;/p-1. The van der Waals surface area contributed by atoms with Crippen molar-refractivity contribution in [2.45, 2.75) is 79.3 Å². The Kier molecular flexibility index (Phi) is 152. The molecule has 29 heavy (non-hydrogen) atoms. The molecule has 0 saturated carbocycles. The maximum Gasteiger partial charge on any atom is 2.00 e. The van der Waals surface area contributed by atoms with Gasteiger partial charge in [0, 0.05) is 0 Å². The van der Waals surface area contributed by atoms with E-state index in [1.807, 2.05) is 0 Å². The van der Waals surface area contributed by atoms with Crippen LogP contribution in [0.15, 0.2) is 0 Å². The second-order valence-corrected chi connectivity index (χ2v) is 3.41. The summed E-state index contributed by atoms with van der Waals surface area (Å²) in [5.74, 6) is 0. The Labute approximate surface area is 187 Å². The van der Waals surface area contributed by atoms with Gasteiger partial charge in [0.15, 0.2) is 0 Å². The van der Waals surface area contributed by atoms with Gasteiger partial charge >= 0.3 is 40.5 Å². The molecule has 0 atom stereocenters. The van der Waals surface area contributed by atoms with Crippen LogP contribution in [-0.4, -0.2) is 83.7 Å². The quantitative estimate of drug-likeness (QED) is 0.263. The van der Waals surface area contributed by atoms with E-state index in [-0.39, 0.29) is 46.0 Å². The number of rotatable bonds is 0. The van der Waals surface area contributed by atoms with Gasteiger partial charge in [-0.25, -0.2) is 37.7 Å². The first-order valence-electron chi connectivity index (χ1n) is 6.29. The Morgan fingerprint density at radius 1 is 0.276 bits per heavy atom. The third kappa shape index (κ3) is 798000. The smallest absolute Gasteiger partial charge is 0.870 e. The summed E-state index contributed by atoms with van der Waals surface area (Å²) in [7, 11) is 0. The molecule has 0 aromatic rings. The number of hydrogen-bond acceptors (Lipinski definition) is 13. The molecule has 13 nitrogen and oxygen atoms in total. The van der Waals surface area contributed by atoms with E-state index in [9.17, 15) is 0 Å². The first kappa shape index (κ1) is 70.1. The predicted molar refractivity (Wildman–Crippen MR) is 81.7 cm³/mol. The Morgan fingerprint density at radius 2 is 0.276 bits per heavy atom. The zero-order valence-corrected chi connectivity index (χ0v) is 17.6. The van der Waals surface area contributed by atoms with Gasteiger partial charge < -0.3 is 66.8 Å². The largest absolute Gasteiger partial charge is 2.00 e. The van der Waals surface area contributed by atoms with Crippen molar-refractivity contribution in [2.75, 3.05) is 0 Å². The van der Waals surface area contributed by atoms with Crippen molar-refractivity contribution in [1.82, 2.24) is 0 Å². The van der Waals surface area contributed by atoms with Crippen molar-refractivity contribution in [3.8, 4) is 0 Å². The fourth-order valence-electron chi connectivity index (χ4n) is 0. The molecule has 0 radical (unpaired) electrons. The van der Waals surface area contributed by atoms with Crippen molar-refractivity contribution in [3.63, 3.8) is 0 Å². The summed E-state index contributed by atoms with van der Waals surface area (Å²) >= 11 is 0. The molecule has 0 aliphatic carbocycles. The predicted octanol–water partition coefficient (Wildman–Crippen LogP) is -13.4. The zero-order chi connectivity index (χ0) is 21.5. The zero-order valence-electron chi connectivity index (χ0n) is 17.6. The average Bonchev–Trinajstić information content (AvgIpc) is 2.08. The van der Waals surface area contributed by atoms with Crippen LogP contribution in [0.25, 0.3) is 0 Å². The van der Waals surface area contributed by atoms with Gasteiger partial charge in [0.25, 0.3) is 0 Å². The molecule has 0 aliphatic rings. The monoisotopic (exact) mass is 413 g/mol. The van der Waals surface area contributed by atoms with Crippen molar-refractivity contribution in [3.05, 3.63) is 0 Å². The molecule has 0 amide bonds. The fourth-order valence-corrected chi connectivity index (χ4v) is 0. The molecule has 0 aromatic heterocycles. The van der Waals surface area contributed by atoms with Gasteiger partial charge in [-0.3, -0.25) is 0 Å². The van der Waals surface area contributed by atoms with Gasteiger partial charge in [-0.2, -0.15) is 0 Å². The van der Waals surface area contributed by atoms with Crippen LogP contribution in [0.5, 0.6) is 0 Å². The maximum absolute atomic E-state index is 8.97. The molecule has 1 N–H and O–H groups in total. The Balaban J connectivity index is -0.0000000144. The average molecular weight is 413 g/mol. The van der Waals surface area contributed by atoms with Crippen LogP contribution < -0.4 is 61.3 Å². The molecule has 0 unspecified atom stereocenters. The molecule has 0 bridgehead atoms. The Hall–Kier alpha value is 0.155. The number of hydrogen-bond donors (Lipinski definition) is 0. The van der Waals surface area contributed by atoms with Crippen LogP contribution in [0.4, 0.5) is 0 Å². The molecular formula is C12H25Be4O13-5. The fraction of sp³-hybridized carbons (Fsp3) is 1.00. The first-order valence-corrected chi connectivity index (χ1v) is 6.29. The van der Waals surface area contributed by atoms with Crippen molar-refractivity contribution in [1.29, 1.82) is 0 Å². The summed E-state index contributed by atoms with van der Waals surface area (Å²) in [6.07, 6.45) is -10.0. The summed E-state index contributed by atoms with van der Waals surface area (Å²) < 4.78 is 0. The van der Waals surface area contributed by atoms with Gasteiger partial charge in [0.2, 0.25) is 0 Å². The maximum atomic E-state index is 8.97. The summed E-state index contributed by atoms with van der Waals surface area (Å²) in [5.41, 5.74) is 0. The third-order valence-corrected chi connectivity index (χ3v) is 0. The minimum absolute atomic E-state index is 0. The molecule has 0 fully saturated rings. The summed E-state index contributed by atoms with van der Waals surface area (Å²) in [4.78, 5) is 0. The van der Waals surface area contributed by atoms with Crippen molar-refractivity contribution >= 4 is 40.5 Å². The van der Waals surface area contributed by atoms with Crippen LogP contribution in [-0.2, 0) is 0 Å². The third-order valence-electron chi connectivity index (χ3n) is 0. The van der Waals surface area contributed by atoms with E-state index in [4.69, 9.17) is 61.3 Å². The van der Waals surface area contributed by atoms with Gasteiger partial charge in [0.1, 0.15) is 0 Å². The van der Waals surface area contributed by atoms with Crippen LogP contribution in [0.3, 0.4) is 0 Å². The molecule has 0 aliphatic heterocycles. The summed E-state index contributed by atoms with van der Waals surface area (Å²) in [6, 6.07) is 0. The Morgan fingerprint density at radius 3 is 0.276 bits per heavy atom. The minimum Gasteiger partial charge on any atom is -0.870 e. The van der Waals surface area contributed by atoms with E-state index in [2.05, 4.69) is 0 Å². The van der Waals surface area contributed by atoms with E-state index in [1.54, 1.807) is 0 Å². The van der Waals surface area contributed by atoms with Crippen LogP contribution in [0, 0.1) is 0 Å². The molecule has 17 heteroatoms. The summed E-state index contributed by atoms with van der Waals surface area (Å²) in [6.45, 7) is 6.33. The molecule has 0 rings (SSSR count). The molecule has 0 spiro atoms. The first-order chi connectivity index (χ1) is 10.4. The normalized spacial score (nSPS) is 7.45. The van der Waals surface area contributed by atoms with Gasteiger partial charge in [-0.15, -0.1) is 0 Å². The Bertz CT molecular complexity index is 117. The van der Waals surface area contributed by atoms with Crippen LogP contribution >= 0.6 is 0 Å². The topological polar surface area (TPSA) is 307 Å². The minimum atomic E-state index is -1.67.